The molecule has 1 fully saturated rings. The highest BCUT2D eigenvalue weighted by Gasteiger charge is 2.22. The van der Waals surface area contributed by atoms with E-state index in [1.807, 2.05) is 0 Å². The first-order valence-electron chi connectivity index (χ1n) is 3.20. The van der Waals surface area contributed by atoms with E-state index in [1.165, 1.54) is 0 Å². The minimum Gasteiger partial charge on any atom is -0.549 e. The van der Waals surface area contributed by atoms with Gasteiger partial charge in [0.25, 0.3) is 0 Å². The van der Waals surface area contributed by atoms with Crippen LogP contribution in [0.5, 0.6) is 0 Å². The van der Waals surface area contributed by atoms with E-state index in [0.29, 0.717) is 13.0 Å². The summed E-state index contributed by atoms with van der Waals surface area (Å²) in [4.78, 5) is 20.9. The molecule has 1 atom stereocenters. The largest absolute Gasteiger partial charge is 0.549 e. The molecule has 0 aromatic rings. The average Bonchev–Trinajstić information content (AvgIpc) is 1.88. The van der Waals surface area contributed by atoms with Crippen molar-refractivity contribution in [3.8, 4) is 0 Å². The summed E-state index contributed by atoms with van der Waals surface area (Å²) in [7, 11) is 0. The lowest BCUT2D eigenvalue weighted by atomic mass is 9.99. The van der Waals surface area contributed by atoms with Gasteiger partial charge in [0, 0.05) is 6.54 Å². The molecule has 4 nitrogen and oxygen atoms in total. The normalized spacial score (nSPS) is 25.6. The zero-order valence-electron chi connectivity index (χ0n) is 5.42. The van der Waals surface area contributed by atoms with E-state index in [4.69, 9.17) is 0 Å². The summed E-state index contributed by atoms with van der Waals surface area (Å²) in [6.45, 7) is 0.586. The lowest BCUT2D eigenvalue weighted by Crippen LogP contribution is -2.45. The minimum absolute atomic E-state index is 0.411. The third-order valence-electron chi connectivity index (χ3n) is 1.57. The SMILES string of the molecule is O=C([O-])C1CCCNC1=O. The third-order valence-corrected chi connectivity index (χ3v) is 1.57. The predicted molar refractivity (Wildman–Crippen MR) is 30.7 cm³/mol. The Bertz CT molecular complexity index is 166. The highest BCUT2D eigenvalue weighted by molar-refractivity contribution is 5.96. The Morgan fingerprint density at radius 2 is 2.40 bits per heavy atom. The molecule has 10 heavy (non-hydrogen) atoms. The first kappa shape index (κ1) is 7.05. The van der Waals surface area contributed by atoms with Crippen molar-refractivity contribution >= 4 is 11.9 Å². The van der Waals surface area contributed by atoms with Crippen LogP contribution in [0.1, 0.15) is 12.8 Å². The Morgan fingerprint density at radius 1 is 1.70 bits per heavy atom. The average molecular weight is 142 g/mol. The second-order valence-corrected chi connectivity index (χ2v) is 2.30. The van der Waals surface area contributed by atoms with Gasteiger partial charge in [-0.2, -0.15) is 0 Å². The van der Waals surface area contributed by atoms with Crippen LogP contribution in [0.2, 0.25) is 0 Å². The Morgan fingerprint density at radius 3 is 2.80 bits per heavy atom. The first-order chi connectivity index (χ1) is 4.72. The molecule has 1 N–H and O–H groups in total. The van der Waals surface area contributed by atoms with Crippen molar-refractivity contribution in [3.63, 3.8) is 0 Å². The molecule has 0 aromatic heterocycles. The van der Waals surface area contributed by atoms with Crippen molar-refractivity contribution in [2.45, 2.75) is 12.8 Å². The van der Waals surface area contributed by atoms with E-state index < -0.39 is 17.8 Å². The molecule has 56 valence electrons. The van der Waals surface area contributed by atoms with Crippen LogP contribution in [-0.2, 0) is 9.59 Å². The van der Waals surface area contributed by atoms with Crippen LogP contribution < -0.4 is 10.4 Å². The molecular formula is C6H8NO3-. The van der Waals surface area contributed by atoms with Crippen LogP contribution in [-0.4, -0.2) is 18.4 Å². The number of hydrogen-bond acceptors (Lipinski definition) is 3. The van der Waals surface area contributed by atoms with Gasteiger partial charge in [-0.05, 0) is 12.8 Å². The highest BCUT2D eigenvalue weighted by atomic mass is 16.4. The molecule has 1 saturated heterocycles. The maximum atomic E-state index is 10.7. The van der Waals surface area contributed by atoms with Crippen LogP contribution in [0, 0.1) is 5.92 Å². The highest BCUT2D eigenvalue weighted by Crippen LogP contribution is 2.09. The Labute approximate surface area is 58.2 Å². The van der Waals surface area contributed by atoms with Gasteiger partial charge in [-0.15, -0.1) is 0 Å². The molecular weight excluding hydrogens is 134 g/mol. The molecule has 1 aliphatic rings. The first-order valence-corrected chi connectivity index (χ1v) is 3.20. The summed E-state index contributed by atoms with van der Waals surface area (Å²) < 4.78 is 0. The maximum Gasteiger partial charge on any atom is 0.228 e. The molecule has 0 radical (unpaired) electrons. The van der Waals surface area contributed by atoms with Gasteiger partial charge in [0.1, 0.15) is 0 Å². The lowest BCUT2D eigenvalue weighted by Gasteiger charge is -2.21. The number of carbonyl (C=O) groups is 2. The number of rotatable bonds is 1. The van der Waals surface area contributed by atoms with E-state index in [0.717, 1.165) is 6.42 Å². The molecule has 4 heteroatoms. The fraction of sp³-hybridized carbons (Fsp3) is 0.667. The van der Waals surface area contributed by atoms with Gasteiger partial charge in [0.2, 0.25) is 5.91 Å². The van der Waals surface area contributed by atoms with Gasteiger partial charge in [0.05, 0.1) is 11.9 Å². The number of hydrogen-bond donors (Lipinski definition) is 1. The molecule has 1 amide bonds. The monoisotopic (exact) mass is 142 g/mol. The van der Waals surface area contributed by atoms with Gasteiger partial charge < -0.3 is 15.2 Å². The topological polar surface area (TPSA) is 69.2 Å². The van der Waals surface area contributed by atoms with Crippen LogP contribution in [0.4, 0.5) is 0 Å². The van der Waals surface area contributed by atoms with Gasteiger partial charge in [0.15, 0.2) is 0 Å². The van der Waals surface area contributed by atoms with Crippen molar-refractivity contribution in [3.05, 3.63) is 0 Å². The summed E-state index contributed by atoms with van der Waals surface area (Å²) in [5.41, 5.74) is 0. The summed E-state index contributed by atoms with van der Waals surface area (Å²) in [5, 5.41) is 12.6. The van der Waals surface area contributed by atoms with E-state index in [2.05, 4.69) is 5.32 Å². The molecule has 1 unspecified atom stereocenters. The fourth-order valence-corrected chi connectivity index (χ4v) is 0.997. The quantitative estimate of drug-likeness (QED) is 0.442. The zero-order valence-corrected chi connectivity index (χ0v) is 5.42. The van der Waals surface area contributed by atoms with Gasteiger partial charge >= 0.3 is 0 Å². The van der Waals surface area contributed by atoms with Crippen molar-refractivity contribution in [2.75, 3.05) is 6.54 Å². The standard InChI is InChI=1S/C6H9NO3/c8-5-4(6(9)10)2-1-3-7-5/h4H,1-3H2,(H,7,8)(H,9,10)/p-1. The van der Waals surface area contributed by atoms with E-state index in [1.54, 1.807) is 0 Å². The van der Waals surface area contributed by atoms with E-state index in [-0.39, 0.29) is 0 Å². The number of carboxylic acid groups (broad SMARTS) is 1. The number of piperidine rings is 1. The van der Waals surface area contributed by atoms with Crippen molar-refractivity contribution in [1.82, 2.24) is 5.32 Å². The van der Waals surface area contributed by atoms with Crippen molar-refractivity contribution < 1.29 is 14.7 Å². The zero-order chi connectivity index (χ0) is 7.56. The number of carbonyl (C=O) groups excluding carboxylic acids is 2. The molecule has 0 saturated carbocycles. The molecule has 0 bridgehead atoms. The molecule has 1 aliphatic heterocycles. The second-order valence-electron chi connectivity index (χ2n) is 2.30. The number of aliphatic carboxylic acids is 1. The molecule has 0 spiro atoms. The third kappa shape index (κ3) is 1.26. The number of carboxylic acids is 1. The van der Waals surface area contributed by atoms with Gasteiger partial charge in [-0.1, -0.05) is 0 Å². The summed E-state index contributed by atoms with van der Waals surface area (Å²) in [6, 6.07) is 0. The second kappa shape index (κ2) is 2.68. The van der Waals surface area contributed by atoms with E-state index in [9.17, 15) is 14.7 Å². The predicted octanol–water partition coefficient (Wildman–Crippen LogP) is -1.74. The molecule has 1 rings (SSSR count). The summed E-state index contributed by atoms with van der Waals surface area (Å²) in [6.07, 6.45) is 1.14. The summed E-state index contributed by atoms with van der Waals surface area (Å²) in [5.74, 6) is -2.60. The molecule has 0 aliphatic carbocycles. The molecule has 0 aromatic carbocycles. The maximum absolute atomic E-state index is 10.7. The minimum atomic E-state index is -1.27. The van der Waals surface area contributed by atoms with Crippen LogP contribution in [0.3, 0.4) is 0 Å². The van der Waals surface area contributed by atoms with Crippen LogP contribution >= 0.6 is 0 Å². The van der Waals surface area contributed by atoms with E-state index >= 15 is 0 Å². The van der Waals surface area contributed by atoms with Crippen molar-refractivity contribution in [1.29, 1.82) is 0 Å². The number of amides is 1. The smallest absolute Gasteiger partial charge is 0.228 e. The van der Waals surface area contributed by atoms with Gasteiger partial charge in [-0.3, -0.25) is 4.79 Å². The van der Waals surface area contributed by atoms with Crippen LogP contribution in [0.15, 0.2) is 0 Å². The Balaban J connectivity index is 2.56. The van der Waals surface area contributed by atoms with Crippen LogP contribution in [0.25, 0.3) is 0 Å². The lowest BCUT2D eigenvalue weighted by molar-refractivity contribution is -0.310. The number of nitrogens with one attached hydrogen (secondary N) is 1. The van der Waals surface area contributed by atoms with Crippen molar-refractivity contribution in [2.24, 2.45) is 5.92 Å². The molecule has 1 heterocycles. The van der Waals surface area contributed by atoms with Gasteiger partial charge in [-0.25, -0.2) is 0 Å². The Kier molecular flexibility index (Phi) is 1.89. The summed E-state index contributed by atoms with van der Waals surface area (Å²) >= 11 is 0. The fourth-order valence-electron chi connectivity index (χ4n) is 0.997. The Hall–Kier alpha value is -1.06.